The maximum Gasteiger partial charge on any atom is 0.241 e. The molecule has 0 bridgehead atoms. The van der Waals surface area contributed by atoms with E-state index < -0.39 is 9.84 Å². The number of sulfone groups is 1. The molecule has 0 aromatic heterocycles. The fraction of sp³-hybridized carbons (Fsp3) is 0.588. The minimum atomic E-state index is -2.96. The van der Waals surface area contributed by atoms with Crippen LogP contribution in [0.1, 0.15) is 38.7 Å². The summed E-state index contributed by atoms with van der Waals surface area (Å²) in [5.74, 6) is 0.385. The fourth-order valence-electron chi connectivity index (χ4n) is 2.32. The van der Waals surface area contributed by atoms with Crippen LogP contribution in [0.25, 0.3) is 0 Å². The van der Waals surface area contributed by atoms with Crippen LogP contribution in [-0.2, 0) is 14.6 Å². The molecule has 1 rings (SSSR count). The van der Waals surface area contributed by atoms with Gasteiger partial charge in [-0.3, -0.25) is 9.69 Å². The summed E-state index contributed by atoms with van der Waals surface area (Å²) in [6, 6.07) is 7.47. The maximum absolute atomic E-state index is 12.4. The normalized spacial score (nSPS) is 13.3. The van der Waals surface area contributed by atoms with E-state index in [-0.39, 0.29) is 17.7 Å². The average molecular weight is 340 g/mol. The monoisotopic (exact) mass is 340 g/mol. The van der Waals surface area contributed by atoms with Gasteiger partial charge in [0.2, 0.25) is 5.91 Å². The van der Waals surface area contributed by atoms with Gasteiger partial charge >= 0.3 is 0 Å². The molecule has 0 aliphatic carbocycles. The van der Waals surface area contributed by atoms with Crippen LogP contribution in [0.4, 0.5) is 5.69 Å². The Bertz CT molecular complexity index is 626. The standard InChI is InChI=1S/C17H28N2O3S/c1-13(2)15-9-6-7-10-16(15)18-17(20)14(3)19(4)11-8-12-23(5,21)22/h6-7,9-10,13-14H,8,11-12H2,1-5H3,(H,18,20)/t14-/m0/s1. The second kappa shape index (κ2) is 8.45. The molecule has 1 aromatic carbocycles. The minimum absolute atomic E-state index is 0.0834. The average Bonchev–Trinajstić information content (AvgIpc) is 2.45. The summed E-state index contributed by atoms with van der Waals surface area (Å²) in [7, 11) is -1.12. The Morgan fingerprint density at radius 3 is 2.39 bits per heavy atom. The molecule has 0 heterocycles. The lowest BCUT2D eigenvalue weighted by Crippen LogP contribution is -2.40. The van der Waals surface area contributed by atoms with Gasteiger partial charge in [-0.2, -0.15) is 0 Å². The highest BCUT2D eigenvalue weighted by Gasteiger charge is 2.19. The number of hydrogen-bond acceptors (Lipinski definition) is 4. The smallest absolute Gasteiger partial charge is 0.241 e. The van der Waals surface area contributed by atoms with Gasteiger partial charge in [0.15, 0.2) is 0 Å². The first-order chi connectivity index (χ1) is 10.6. The van der Waals surface area contributed by atoms with E-state index in [0.29, 0.717) is 18.9 Å². The summed E-state index contributed by atoms with van der Waals surface area (Å²) in [4.78, 5) is 14.3. The highest BCUT2D eigenvalue weighted by Crippen LogP contribution is 2.23. The molecule has 1 amide bonds. The number of rotatable bonds is 8. The SMILES string of the molecule is CC(C)c1ccccc1NC(=O)[C@H](C)N(C)CCCS(C)(=O)=O. The van der Waals surface area contributed by atoms with Crippen molar-refractivity contribution >= 4 is 21.4 Å². The third-order valence-corrected chi connectivity index (χ3v) is 4.94. The molecule has 0 spiro atoms. The lowest BCUT2D eigenvalue weighted by molar-refractivity contribution is -0.120. The van der Waals surface area contributed by atoms with Crippen molar-refractivity contribution in [2.75, 3.05) is 30.9 Å². The van der Waals surface area contributed by atoms with Crippen LogP contribution in [0.5, 0.6) is 0 Å². The first-order valence-corrected chi connectivity index (χ1v) is 9.95. The number of carbonyl (C=O) groups is 1. The Morgan fingerprint density at radius 2 is 1.83 bits per heavy atom. The zero-order valence-electron chi connectivity index (χ0n) is 14.7. The van der Waals surface area contributed by atoms with Crippen LogP contribution in [-0.4, -0.2) is 50.9 Å². The highest BCUT2D eigenvalue weighted by atomic mass is 32.2. The van der Waals surface area contributed by atoms with Crippen LogP contribution in [0.2, 0.25) is 0 Å². The van der Waals surface area contributed by atoms with Gasteiger partial charge in [0.25, 0.3) is 0 Å². The number of anilines is 1. The summed E-state index contributed by atoms with van der Waals surface area (Å²) < 4.78 is 22.3. The van der Waals surface area contributed by atoms with Gasteiger partial charge in [-0.1, -0.05) is 32.0 Å². The molecule has 0 unspecified atom stereocenters. The highest BCUT2D eigenvalue weighted by molar-refractivity contribution is 7.90. The molecule has 6 heteroatoms. The fourth-order valence-corrected chi connectivity index (χ4v) is 2.97. The Balaban J connectivity index is 2.63. The Labute approximate surface area is 140 Å². The first-order valence-electron chi connectivity index (χ1n) is 7.89. The van der Waals surface area contributed by atoms with Crippen molar-refractivity contribution in [3.8, 4) is 0 Å². The van der Waals surface area contributed by atoms with E-state index in [1.807, 2.05) is 43.1 Å². The molecular formula is C17H28N2O3S. The van der Waals surface area contributed by atoms with Gasteiger partial charge in [0.1, 0.15) is 9.84 Å². The quantitative estimate of drug-likeness (QED) is 0.789. The number of hydrogen-bond donors (Lipinski definition) is 1. The molecular weight excluding hydrogens is 312 g/mol. The second-order valence-electron chi connectivity index (χ2n) is 6.37. The lowest BCUT2D eigenvalue weighted by atomic mass is 10.0. The van der Waals surface area contributed by atoms with Crippen LogP contribution in [0.15, 0.2) is 24.3 Å². The Hall–Kier alpha value is -1.40. The van der Waals surface area contributed by atoms with Crippen molar-refractivity contribution in [1.29, 1.82) is 0 Å². The maximum atomic E-state index is 12.4. The zero-order chi connectivity index (χ0) is 17.6. The Kier molecular flexibility index (Phi) is 7.22. The molecule has 5 nitrogen and oxygen atoms in total. The number of nitrogens with zero attached hydrogens (tertiary/aromatic N) is 1. The van der Waals surface area contributed by atoms with Gasteiger partial charge in [0, 0.05) is 11.9 Å². The molecule has 0 radical (unpaired) electrons. The third kappa shape index (κ3) is 6.71. The van der Waals surface area contributed by atoms with Crippen molar-refractivity contribution < 1.29 is 13.2 Å². The summed E-state index contributed by atoms with van der Waals surface area (Å²) in [6.45, 7) is 6.57. The van der Waals surface area contributed by atoms with Crippen molar-refractivity contribution in [3.63, 3.8) is 0 Å². The number of amides is 1. The molecule has 0 fully saturated rings. The van der Waals surface area contributed by atoms with Crippen molar-refractivity contribution in [1.82, 2.24) is 4.90 Å². The van der Waals surface area contributed by atoms with E-state index in [1.54, 1.807) is 0 Å². The van der Waals surface area contributed by atoms with E-state index >= 15 is 0 Å². The molecule has 0 aliphatic rings. The molecule has 130 valence electrons. The van der Waals surface area contributed by atoms with Gasteiger partial charge in [0.05, 0.1) is 11.8 Å². The van der Waals surface area contributed by atoms with E-state index in [1.165, 1.54) is 6.26 Å². The Morgan fingerprint density at radius 1 is 1.22 bits per heavy atom. The number of nitrogens with one attached hydrogen (secondary N) is 1. The summed E-state index contributed by atoms with van der Waals surface area (Å²) in [5.41, 5.74) is 1.94. The van der Waals surface area contributed by atoms with Gasteiger partial charge < -0.3 is 5.32 Å². The first kappa shape index (κ1) is 19.6. The van der Waals surface area contributed by atoms with E-state index in [9.17, 15) is 13.2 Å². The van der Waals surface area contributed by atoms with Crippen molar-refractivity contribution in [2.45, 2.75) is 39.2 Å². The van der Waals surface area contributed by atoms with Gasteiger partial charge in [-0.05, 0) is 44.5 Å². The topological polar surface area (TPSA) is 66.5 Å². The summed E-state index contributed by atoms with van der Waals surface area (Å²) >= 11 is 0. The predicted molar refractivity (Wildman–Crippen MR) is 95.6 cm³/mol. The number of benzene rings is 1. The summed E-state index contributed by atoms with van der Waals surface area (Å²) in [5, 5.41) is 2.98. The van der Waals surface area contributed by atoms with Crippen LogP contribution >= 0.6 is 0 Å². The molecule has 1 atom stereocenters. The second-order valence-corrected chi connectivity index (χ2v) is 8.63. The molecule has 0 aliphatic heterocycles. The molecule has 0 saturated heterocycles. The van der Waals surface area contributed by atoms with Gasteiger partial charge in [-0.15, -0.1) is 0 Å². The van der Waals surface area contributed by atoms with E-state index in [0.717, 1.165) is 11.3 Å². The van der Waals surface area contributed by atoms with Crippen molar-refractivity contribution in [2.24, 2.45) is 0 Å². The third-order valence-electron chi connectivity index (χ3n) is 3.91. The van der Waals surface area contributed by atoms with E-state index in [4.69, 9.17) is 0 Å². The largest absolute Gasteiger partial charge is 0.324 e. The van der Waals surface area contributed by atoms with Crippen LogP contribution in [0, 0.1) is 0 Å². The minimum Gasteiger partial charge on any atom is -0.324 e. The number of para-hydroxylation sites is 1. The van der Waals surface area contributed by atoms with Crippen LogP contribution in [0.3, 0.4) is 0 Å². The molecule has 0 saturated carbocycles. The molecule has 1 aromatic rings. The lowest BCUT2D eigenvalue weighted by Gasteiger charge is -2.24. The van der Waals surface area contributed by atoms with E-state index in [2.05, 4.69) is 19.2 Å². The molecule has 1 N–H and O–H groups in total. The van der Waals surface area contributed by atoms with Crippen LogP contribution < -0.4 is 5.32 Å². The van der Waals surface area contributed by atoms with Crippen molar-refractivity contribution in [3.05, 3.63) is 29.8 Å². The number of carbonyl (C=O) groups excluding carboxylic acids is 1. The zero-order valence-corrected chi connectivity index (χ0v) is 15.5. The predicted octanol–water partition coefficient (Wildman–Crippen LogP) is 2.50. The summed E-state index contributed by atoms with van der Waals surface area (Å²) in [6.07, 6.45) is 1.75. The molecule has 23 heavy (non-hydrogen) atoms. The van der Waals surface area contributed by atoms with Gasteiger partial charge in [-0.25, -0.2) is 8.42 Å². The number of likely N-dealkylation sites (N-methyl/N-ethyl adjacent to an activating group) is 1.